The fraction of sp³-hybridized carbons (Fsp3) is 0.235. The van der Waals surface area contributed by atoms with Crippen LogP contribution in [0.1, 0.15) is 17.3 Å². The highest BCUT2D eigenvalue weighted by Gasteiger charge is 2.21. The number of rotatable bonds is 7. The number of carbonyl (C=O) groups excluding carboxylic acids is 1. The Morgan fingerprint density at radius 3 is 2.58 bits per heavy atom. The molecular weight excluding hydrogens is 380 g/mol. The number of ether oxygens (including phenoxy) is 1. The molecule has 0 heterocycles. The number of sulfonamides is 1. The van der Waals surface area contributed by atoms with E-state index in [1.54, 1.807) is 24.3 Å². The maximum Gasteiger partial charge on any atom is 0.259 e. The van der Waals surface area contributed by atoms with Crippen LogP contribution in [0.2, 0.25) is 5.02 Å². The first-order valence-electron chi connectivity index (χ1n) is 7.65. The van der Waals surface area contributed by atoms with Crippen molar-refractivity contribution >= 4 is 33.2 Å². The number of amides is 1. The van der Waals surface area contributed by atoms with Gasteiger partial charge >= 0.3 is 0 Å². The lowest BCUT2D eigenvalue weighted by Crippen LogP contribution is -2.35. The minimum Gasteiger partial charge on any atom is -0.496 e. The smallest absolute Gasteiger partial charge is 0.259 e. The van der Waals surface area contributed by atoms with Crippen molar-refractivity contribution in [1.29, 1.82) is 0 Å². The van der Waals surface area contributed by atoms with Crippen molar-refractivity contribution in [2.24, 2.45) is 0 Å². The molecule has 9 heteroatoms. The summed E-state index contributed by atoms with van der Waals surface area (Å²) in [7, 11) is -2.53. The molecule has 0 bridgehead atoms. The van der Waals surface area contributed by atoms with Crippen LogP contribution in [0.5, 0.6) is 5.75 Å². The van der Waals surface area contributed by atoms with Gasteiger partial charge in [-0.3, -0.25) is 4.79 Å². The molecule has 0 saturated carbocycles. The van der Waals surface area contributed by atoms with Gasteiger partial charge in [-0.25, -0.2) is 13.1 Å². The van der Waals surface area contributed by atoms with E-state index in [9.17, 15) is 13.2 Å². The van der Waals surface area contributed by atoms with Gasteiger partial charge in [-0.2, -0.15) is 0 Å². The van der Waals surface area contributed by atoms with E-state index in [0.717, 1.165) is 0 Å². The Hall–Kier alpha value is -2.13. The standard InChI is InChI=1S/C17H19ClN2O5S/c1-11(10-21)20-26(23,24)12-7-8-16(25-2)13(9-12)17(22)19-15-6-4-3-5-14(15)18/h3-9,11,20-21H,10H2,1-2H3,(H,19,22)/t11-/m1/s1. The molecule has 3 N–H and O–H groups in total. The normalized spacial score (nSPS) is 12.5. The summed E-state index contributed by atoms with van der Waals surface area (Å²) in [4.78, 5) is 12.5. The van der Waals surface area contributed by atoms with Gasteiger partial charge in [-0.1, -0.05) is 23.7 Å². The molecule has 2 rings (SSSR count). The first-order chi connectivity index (χ1) is 12.3. The van der Waals surface area contributed by atoms with Gasteiger partial charge in [0.15, 0.2) is 0 Å². The Labute approximate surface area is 157 Å². The molecule has 1 amide bonds. The number of halogens is 1. The number of aliphatic hydroxyl groups is 1. The SMILES string of the molecule is COc1ccc(S(=O)(=O)N[C@H](C)CO)cc1C(=O)Nc1ccccc1Cl. The fourth-order valence-electron chi connectivity index (χ4n) is 2.15. The topological polar surface area (TPSA) is 105 Å². The number of carbonyl (C=O) groups is 1. The summed E-state index contributed by atoms with van der Waals surface area (Å²) in [6.45, 7) is 1.17. The summed E-state index contributed by atoms with van der Waals surface area (Å²) < 4.78 is 32.2. The molecule has 0 spiro atoms. The number of hydrogen-bond acceptors (Lipinski definition) is 5. The minimum atomic E-state index is -3.91. The molecule has 0 unspecified atom stereocenters. The second-order valence-electron chi connectivity index (χ2n) is 5.50. The van der Waals surface area contributed by atoms with E-state index in [4.69, 9.17) is 21.4 Å². The molecule has 2 aromatic rings. The second kappa shape index (κ2) is 8.50. The van der Waals surface area contributed by atoms with Crippen LogP contribution in [-0.2, 0) is 10.0 Å². The van der Waals surface area contributed by atoms with Crippen molar-refractivity contribution in [2.75, 3.05) is 19.0 Å². The average Bonchev–Trinajstić information content (AvgIpc) is 2.62. The zero-order chi connectivity index (χ0) is 19.3. The summed E-state index contributed by atoms with van der Waals surface area (Å²) in [5.74, 6) is -0.356. The highest BCUT2D eigenvalue weighted by atomic mass is 35.5. The van der Waals surface area contributed by atoms with E-state index in [0.29, 0.717) is 10.7 Å². The lowest BCUT2D eigenvalue weighted by molar-refractivity contribution is 0.102. The highest BCUT2D eigenvalue weighted by molar-refractivity contribution is 7.89. The molecule has 0 aliphatic rings. The van der Waals surface area contributed by atoms with Gasteiger partial charge in [-0.15, -0.1) is 0 Å². The van der Waals surface area contributed by atoms with Gasteiger partial charge in [0.25, 0.3) is 5.91 Å². The van der Waals surface area contributed by atoms with E-state index >= 15 is 0 Å². The van der Waals surface area contributed by atoms with E-state index in [1.165, 1.54) is 32.2 Å². The average molecular weight is 399 g/mol. The maximum absolute atomic E-state index is 12.6. The van der Waals surface area contributed by atoms with Crippen molar-refractivity contribution in [3.8, 4) is 5.75 Å². The molecule has 2 aromatic carbocycles. The van der Waals surface area contributed by atoms with Gasteiger partial charge in [0.05, 0.1) is 34.9 Å². The van der Waals surface area contributed by atoms with Crippen molar-refractivity contribution in [1.82, 2.24) is 4.72 Å². The van der Waals surface area contributed by atoms with E-state index in [-0.39, 0.29) is 22.8 Å². The third-order valence-corrected chi connectivity index (χ3v) is 5.39. The number of methoxy groups -OCH3 is 1. The number of aliphatic hydroxyl groups excluding tert-OH is 1. The van der Waals surface area contributed by atoms with Crippen LogP contribution in [0.25, 0.3) is 0 Å². The predicted molar refractivity (Wildman–Crippen MR) is 99.3 cm³/mol. The van der Waals surface area contributed by atoms with Crippen LogP contribution in [0.4, 0.5) is 5.69 Å². The highest BCUT2D eigenvalue weighted by Crippen LogP contribution is 2.26. The number of nitrogens with one attached hydrogen (secondary N) is 2. The van der Waals surface area contributed by atoms with Gasteiger partial charge in [0.1, 0.15) is 5.75 Å². The Kier molecular flexibility index (Phi) is 6.60. The lowest BCUT2D eigenvalue weighted by Gasteiger charge is -2.14. The summed E-state index contributed by atoms with van der Waals surface area (Å²) in [6.07, 6.45) is 0. The molecule has 0 aliphatic carbocycles. The Balaban J connectivity index is 2.38. The molecular formula is C17H19ClN2O5S. The van der Waals surface area contributed by atoms with Crippen molar-refractivity contribution in [2.45, 2.75) is 17.9 Å². The predicted octanol–water partition coefficient (Wildman–Crippen LogP) is 2.26. The first kappa shape index (κ1) is 20.2. The number of hydrogen-bond donors (Lipinski definition) is 3. The Bertz CT molecular complexity index is 902. The third-order valence-electron chi connectivity index (χ3n) is 3.48. The zero-order valence-electron chi connectivity index (χ0n) is 14.2. The quantitative estimate of drug-likeness (QED) is 0.663. The molecule has 1 atom stereocenters. The van der Waals surface area contributed by atoms with Crippen LogP contribution in [0, 0.1) is 0 Å². The van der Waals surface area contributed by atoms with E-state index in [1.807, 2.05) is 0 Å². The van der Waals surface area contributed by atoms with Gasteiger partial charge in [0, 0.05) is 6.04 Å². The van der Waals surface area contributed by atoms with E-state index < -0.39 is 22.0 Å². The maximum atomic E-state index is 12.6. The number of benzene rings is 2. The zero-order valence-corrected chi connectivity index (χ0v) is 15.8. The fourth-order valence-corrected chi connectivity index (χ4v) is 3.60. The Morgan fingerprint density at radius 2 is 1.96 bits per heavy atom. The summed E-state index contributed by atoms with van der Waals surface area (Å²) in [6, 6.07) is 9.92. The lowest BCUT2D eigenvalue weighted by atomic mass is 10.2. The largest absolute Gasteiger partial charge is 0.496 e. The van der Waals surface area contributed by atoms with Crippen molar-refractivity contribution in [3.63, 3.8) is 0 Å². The molecule has 0 aromatic heterocycles. The third kappa shape index (κ3) is 4.73. The molecule has 0 aliphatic heterocycles. The molecule has 0 radical (unpaired) electrons. The van der Waals surface area contributed by atoms with Gasteiger partial charge in [-0.05, 0) is 37.3 Å². The van der Waals surface area contributed by atoms with Crippen LogP contribution in [0.15, 0.2) is 47.4 Å². The van der Waals surface area contributed by atoms with Crippen LogP contribution < -0.4 is 14.8 Å². The molecule has 0 saturated heterocycles. The van der Waals surface area contributed by atoms with Crippen LogP contribution >= 0.6 is 11.6 Å². The second-order valence-corrected chi connectivity index (χ2v) is 7.62. The van der Waals surface area contributed by atoms with Crippen LogP contribution in [0.3, 0.4) is 0 Å². The summed E-state index contributed by atoms with van der Waals surface area (Å²) in [5.41, 5.74) is 0.424. The minimum absolute atomic E-state index is 0.0342. The van der Waals surface area contributed by atoms with E-state index in [2.05, 4.69) is 10.0 Å². The monoisotopic (exact) mass is 398 g/mol. The number of para-hydroxylation sites is 1. The number of anilines is 1. The molecule has 140 valence electrons. The molecule has 7 nitrogen and oxygen atoms in total. The van der Waals surface area contributed by atoms with Gasteiger partial charge < -0.3 is 15.2 Å². The van der Waals surface area contributed by atoms with Crippen molar-refractivity contribution < 1.29 is 23.1 Å². The van der Waals surface area contributed by atoms with Crippen molar-refractivity contribution in [3.05, 3.63) is 53.1 Å². The first-order valence-corrected chi connectivity index (χ1v) is 9.51. The molecule has 26 heavy (non-hydrogen) atoms. The van der Waals surface area contributed by atoms with Gasteiger partial charge in [0.2, 0.25) is 10.0 Å². The summed E-state index contributed by atoms with van der Waals surface area (Å²) in [5, 5.41) is 12.0. The van der Waals surface area contributed by atoms with Crippen LogP contribution in [-0.4, -0.2) is 39.2 Å². The Morgan fingerprint density at radius 1 is 1.27 bits per heavy atom. The summed E-state index contributed by atoms with van der Waals surface area (Å²) >= 11 is 6.03. The molecule has 0 fully saturated rings.